The third-order valence-electron chi connectivity index (χ3n) is 2.97. The lowest BCUT2D eigenvalue weighted by Gasteiger charge is -2.19. The van der Waals surface area contributed by atoms with Gasteiger partial charge < -0.3 is 5.73 Å². The molecule has 0 radical (unpaired) electrons. The van der Waals surface area contributed by atoms with Crippen LogP contribution in [0, 0.1) is 0 Å². The van der Waals surface area contributed by atoms with Crippen LogP contribution < -0.4 is 5.73 Å². The number of aromatic nitrogens is 1. The number of pyridine rings is 1. The summed E-state index contributed by atoms with van der Waals surface area (Å²) in [5.74, 6) is 0. The largest absolute Gasteiger partial charge is 0.327 e. The van der Waals surface area contributed by atoms with Crippen molar-refractivity contribution in [2.24, 2.45) is 5.73 Å². The quantitative estimate of drug-likeness (QED) is 0.857. The van der Waals surface area contributed by atoms with Crippen LogP contribution in [0.2, 0.25) is 0 Å². The Morgan fingerprint density at radius 1 is 1.14 bits per heavy atom. The molecule has 4 nitrogen and oxygen atoms in total. The molecule has 0 bridgehead atoms. The summed E-state index contributed by atoms with van der Waals surface area (Å²) in [5, 5.41) is 0.0234. The highest BCUT2D eigenvalue weighted by molar-refractivity contribution is 7.99. The molecule has 0 fully saturated rings. The molecule has 0 amide bonds. The van der Waals surface area contributed by atoms with E-state index in [-0.39, 0.29) is 11.3 Å². The first-order valence-corrected chi connectivity index (χ1v) is 9.28. The molecule has 2 atom stereocenters. The zero-order valence-corrected chi connectivity index (χ0v) is 13.6. The molecular formula is C15H18N2O2S2. The fourth-order valence-corrected chi connectivity index (χ4v) is 3.59. The normalized spacial score (nSPS) is 14.6. The van der Waals surface area contributed by atoms with Gasteiger partial charge in [-0.2, -0.15) is 0 Å². The van der Waals surface area contributed by atoms with Crippen molar-refractivity contribution in [1.29, 1.82) is 0 Å². The smallest absolute Gasteiger partial charge is 0.175 e. The Bertz CT molecular complexity index is 683. The van der Waals surface area contributed by atoms with E-state index in [1.165, 1.54) is 6.26 Å². The second-order valence-electron chi connectivity index (χ2n) is 4.90. The second kappa shape index (κ2) is 6.60. The van der Waals surface area contributed by atoms with E-state index in [1.807, 2.05) is 25.1 Å². The van der Waals surface area contributed by atoms with Crippen molar-refractivity contribution in [2.75, 3.05) is 6.26 Å². The summed E-state index contributed by atoms with van der Waals surface area (Å²) in [7, 11) is -3.16. The standard InChI is InChI=1S/C15H18N2O2S2/c1-11(16)15(14-5-3-4-10-17-14)20-12-6-8-13(9-7-12)21(2,18)19/h3-11,15H,16H2,1-2H3. The highest BCUT2D eigenvalue weighted by Gasteiger charge is 2.19. The Morgan fingerprint density at radius 3 is 2.29 bits per heavy atom. The van der Waals surface area contributed by atoms with Crippen molar-refractivity contribution in [2.45, 2.75) is 28.0 Å². The summed E-state index contributed by atoms with van der Waals surface area (Å²) in [5.41, 5.74) is 6.98. The second-order valence-corrected chi connectivity index (χ2v) is 8.13. The summed E-state index contributed by atoms with van der Waals surface area (Å²) >= 11 is 1.59. The highest BCUT2D eigenvalue weighted by atomic mass is 32.2. The van der Waals surface area contributed by atoms with Gasteiger partial charge in [-0.05, 0) is 43.3 Å². The summed E-state index contributed by atoms with van der Waals surface area (Å²) in [6.07, 6.45) is 2.95. The number of hydrogen-bond donors (Lipinski definition) is 1. The van der Waals surface area contributed by atoms with E-state index in [4.69, 9.17) is 5.73 Å². The lowest BCUT2D eigenvalue weighted by molar-refractivity contribution is 0.602. The van der Waals surface area contributed by atoms with Gasteiger partial charge in [0.25, 0.3) is 0 Å². The average Bonchev–Trinajstić information content (AvgIpc) is 2.45. The van der Waals surface area contributed by atoms with Gasteiger partial charge >= 0.3 is 0 Å². The summed E-state index contributed by atoms with van der Waals surface area (Å²) in [4.78, 5) is 5.65. The summed E-state index contributed by atoms with van der Waals surface area (Å²) in [6.45, 7) is 1.94. The molecule has 1 heterocycles. The molecule has 0 saturated heterocycles. The minimum atomic E-state index is -3.16. The number of nitrogens with two attached hydrogens (primary N) is 1. The molecule has 112 valence electrons. The van der Waals surface area contributed by atoms with Gasteiger partial charge in [0.15, 0.2) is 9.84 Å². The van der Waals surface area contributed by atoms with Crippen molar-refractivity contribution in [3.05, 3.63) is 54.4 Å². The van der Waals surface area contributed by atoms with Gasteiger partial charge in [0.1, 0.15) is 0 Å². The van der Waals surface area contributed by atoms with Gasteiger partial charge in [-0.3, -0.25) is 4.98 Å². The van der Waals surface area contributed by atoms with Crippen molar-refractivity contribution in [1.82, 2.24) is 4.98 Å². The number of thioether (sulfide) groups is 1. The predicted octanol–water partition coefficient (Wildman–Crippen LogP) is 2.67. The van der Waals surface area contributed by atoms with Crippen LogP contribution in [-0.2, 0) is 9.84 Å². The van der Waals surface area contributed by atoms with E-state index in [0.717, 1.165) is 10.6 Å². The maximum Gasteiger partial charge on any atom is 0.175 e. The van der Waals surface area contributed by atoms with E-state index in [1.54, 1.807) is 42.2 Å². The van der Waals surface area contributed by atoms with Gasteiger partial charge in [-0.25, -0.2) is 8.42 Å². The SMILES string of the molecule is CC(N)C(Sc1ccc(S(C)(=O)=O)cc1)c1ccccn1. The van der Waals surface area contributed by atoms with Crippen molar-refractivity contribution in [3.8, 4) is 0 Å². The van der Waals surface area contributed by atoms with Crippen LogP contribution >= 0.6 is 11.8 Å². The summed E-state index contributed by atoms with van der Waals surface area (Å²) in [6, 6.07) is 12.5. The van der Waals surface area contributed by atoms with Crippen LogP contribution in [-0.4, -0.2) is 25.7 Å². The van der Waals surface area contributed by atoms with Crippen molar-refractivity contribution < 1.29 is 8.42 Å². The maximum absolute atomic E-state index is 11.5. The molecule has 0 aliphatic rings. The fraction of sp³-hybridized carbons (Fsp3) is 0.267. The van der Waals surface area contributed by atoms with Crippen LogP contribution in [0.3, 0.4) is 0 Å². The van der Waals surface area contributed by atoms with Crippen LogP contribution in [0.1, 0.15) is 17.9 Å². The number of nitrogens with zero attached hydrogens (tertiary/aromatic N) is 1. The van der Waals surface area contributed by atoms with Crippen LogP contribution in [0.25, 0.3) is 0 Å². The Hall–Kier alpha value is -1.37. The van der Waals surface area contributed by atoms with E-state index in [2.05, 4.69) is 4.98 Å². The Labute approximate surface area is 129 Å². The Kier molecular flexibility index (Phi) is 5.03. The average molecular weight is 322 g/mol. The summed E-state index contributed by atoms with van der Waals surface area (Å²) < 4.78 is 22.9. The minimum absolute atomic E-state index is 0.0234. The number of rotatable bonds is 5. The molecule has 2 unspecified atom stereocenters. The number of sulfone groups is 1. The molecule has 21 heavy (non-hydrogen) atoms. The fourth-order valence-electron chi connectivity index (χ4n) is 1.89. The van der Waals surface area contributed by atoms with Gasteiger partial charge in [0.2, 0.25) is 0 Å². The first-order chi connectivity index (χ1) is 9.88. The number of hydrogen-bond acceptors (Lipinski definition) is 5. The van der Waals surface area contributed by atoms with E-state index < -0.39 is 9.84 Å². The third kappa shape index (κ3) is 4.30. The first-order valence-electron chi connectivity index (χ1n) is 6.51. The van der Waals surface area contributed by atoms with Gasteiger partial charge in [0, 0.05) is 23.4 Å². The van der Waals surface area contributed by atoms with Crippen LogP contribution in [0.15, 0.2) is 58.5 Å². The molecule has 0 saturated carbocycles. The Balaban J connectivity index is 2.22. The van der Waals surface area contributed by atoms with Gasteiger partial charge in [-0.1, -0.05) is 6.07 Å². The lowest BCUT2D eigenvalue weighted by atomic mass is 10.2. The van der Waals surface area contributed by atoms with E-state index >= 15 is 0 Å². The molecule has 0 aliphatic carbocycles. The first kappa shape index (κ1) is 16.0. The highest BCUT2D eigenvalue weighted by Crippen LogP contribution is 2.36. The maximum atomic E-state index is 11.5. The molecule has 6 heteroatoms. The zero-order valence-electron chi connectivity index (χ0n) is 11.9. The van der Waals surface area contributed by atoms with Gasteiger partial charge in [0.05, 0.1) is 15.8 Å². The van der Waals surface area contributed by atoms with Gasteiger partial charge in [-0.15, -0.1) is 11.8 Å². The topological polar surface area (TPSA) is 73.1 Å². The molecule has 1 aromatic carbocycles. The molecule has 2 aromatic rings. The molecule has 2 rings (SSSR count). The van der Waals surface area contributed by atoms with Crippen LogP contribution in [0.4, 0.5) is 0 Å². The van der Waals surface area contributed by atoms with Crippen LogP contribution in [0.5, 0.6) is 0 Å². The predicted molar refractivity (Wildman–Crippen MR) is 86.0 cm³/mol. The zero-order chi connectivity index (χ0) is 15.5. The number of benzene rings is 1. The van der Waals surface area contributed by atoms with E-state index in [0.29, 0.717) is 4.90 Å². The molecule has 1 aromatic heterocycles. The Morgan fingerprint density at radius 2 is 1.81 bits per heavy atom. The third-order valence-corrected chi connectivity index (χ3v) is 5.57. The minimum Gasteiger partial charge on any atom is -0.327 e. The van der Waals surface area contributed by atoms with E-state index in [9.17, 15) is 8.42 Å². The lowest BCUT2D eigenvalue weighted by Crippen LogP contribution is -2.23. The van der Waals surface area contributed by atoms with Crippen molar-refractivity contribution in [3.63, 3.8) is 0 Å². The molecule has 2 N–H and O–H groups in total. The molecule has 0 spiro atoms. The molecule has 0 aliphatic heterocycles. The van der Waals surface area contributed by atoms with Crippen molar-refractivity contribution >= 4 is 21.6 Å². The molecular weight excluding hydrogens is 304 g/mol. The monoisotopic (exact) mass is 322 g/mol.